The fraction of sp³-hybridized carbons (Fsp3) is 0.286. The van der Waals surface area contributed by atoms with E-state index in [9.17, 15) is 4.79 Å². The molecule has 1 heterocycles. The lowest BCUT2D eigenvalue weighted by atomic mass is 10.1. The average molecular weight is 337 g/mol. The van der Waals surface area contributed by atoms with Gasteiger partial charge in [0.25, 0.3) is 0 Å². The number of thiophene rings is 1. The molecule has 0 bridgehead atoms. The summed E-state index contributed by atoms with van der Waals surface area (Å²) in [4.78, 5) is 15.8. The molecule has 0 aliphatic rings. The Morgan fingerprint density at radius 2 is 1.75 bits per heavy atom. The second kappa shape index (κ2) is 7.73. The maximum atomic E-state index is 12.6. The van der Waals surface area contributed by atoms with E-state index in [4.69, 9.17) is 0 Å². The highest BCUT2D eigenvalue weighted by atomic mass is 32.1. The van der Waals surface area contributed by atoms with Gasteiger partial charge in [-0.1, -0.05) is 48.5 Å². The first-order valence-corrected chi connectivity index (χ1v) is 9.25. The molecule has 3 heteroatoms. The molecular formula is C21H23NOS. The summed E-state index contributed by atoms with van der Waals surface area (Å²) in [5.41, 5.74) is 1.29. The van der Waals surface area contributed by atoms with Gasteiger partial charge in [-0.25, -0.2) is 0 Å². The lowest BCUT2D eigenvalue weighted by Crippen LogP contribution is -2.32. The highest BCUT2D eigenvalue weighted by Crippen LogP contribution is 2.26. The minimum atomic E-state index is 0.245. The molecule has 0 unspecified atom stereocenters. The highest BCUT2D eigenvalue weighted by Gasteiger charge is 2.15. The summed E-state index contributed by atoms with van der Waals surface area (Å²) in [5.74, 6) is 0.245. The van der Waals surface area contributed by atoms with Crippen LogP contribution < -0.4 is 0 Å². The Balaban J connectivity index is 1.64. The molecule has 0 N–H and O–H groups in total. The number of hydrogen-bond acceptors (Lipinski definition) is 3. The monoisotopic (exact) mass is 337 g/mol. The van der Waals surface area contributed by atoms with Gasteiger partial charge in [-0.2, -0.15) is 0 Å². The molecule has 0 amide bonds. The molecule has 2 nitrogen and oxygen atoms in total. The van der Waals surface area contributed by atoms with E-state index < -0.39 is 0 Å². The van der Waals surface area contributed by atoms with E-state index in [2.05, 4.69) is 55.1 Å². The van der Waals surface area contributed by atoms with Crippen molar-refractivity contribution in [1.82, 2.24) is 4.90 Å². The van der Waals surface area contributed by atoms with Gasteiger partial charge in [0.1, 0.15) is 0 Å². The van der Waals surface area contributed by atoms with Crippen LogP contribution in [0, 0.1) is 0 Å². The number of carbonyl (C=O) groups excluding carboxylic acids is 1. The molecular weight excluding hydrogens is 314 g/mol. The first-order valence-electron chi connectivity index (χ1n) is 8.43. The number of carbonyl (C=O) groups is 1. The minimum Gasteiger partial charge on any atom is -0.296 e. The number of Topliss-reactive ketones (excluding diaryl/α,β-unsaturated/α-hetero) is 1. The van der Waals surface area contributed by atoms with Gasteiger partial charge in [0, 0.05) is 30.3 Å². The summed E-state index contributed by atoms with van der Waals surface area (Å²) in [7, 11) is 0. The SMILES string of the molecule is CC(C)N(CCC(=O)c1cc2ccccc2s1)Cc1ccccc1. The molecule has 0 spiro atoms. The Bertz CT molecular complexity index is 774. The van der Waals surface area contributed by atoms with Crippen LogP contribution in [0.15, 0.2) is 60.7 Å². The zero-order valence-electron chi connectivity index (χ0n) is 14.2. The highest BCUT2D eigenvalue weighted by molar-refractivity contribution is 7.20. The van der Waals surface area contributed by atoms with Gasteiger partial charge in [0.2, 0.25) is 0 Å². The summed E-state index contributed by atoms with van der Waals surface area (Å²) in [6.07, 6.45) is 0.567. The van der Waals surface area contributed by atoms with Crippen molar-refractivity contribution in [1.29, 1.82) is 0 Å². The normalized spacial score (nSPS) is 11.5. The molecule has 0 radical (unpaired) electrons. The van der Waals surface area contributed by atoms with E-state index in [1.165, 1.54) is 10.3 Å². The average Bonchev–Trinajstić information content (AvgIpc) is 3.03. The van der Waals surface area contributed by atoms with E-state index in [-0.39, 0.29) is 5.78 Å². The van der Waals surface area contributed by atoms with Crippen LogP contribution in [0.4, 0.5) is 0 Å². The predicted octanol–water partition coefficient (Wildman–Crippen LogP) is 5.38. The van der Waals surface area contributed by atoms with Crippen LogP contribution >= 0.6 is 11.3 Å². The zero-order valence-corrected chi connectivity index (χ0v) is 15.1. The van der Waals surface area contributed by atoms with E-state index >= 15 is 0 Å². The van der Waals surface area contributed by atoms with E-state index in [1.54, 1.807) is 11.3 Å². The summed E-state index contributed by atoms with van der Waals surface area (Å²) in [6.45, 7) is 6.05. The molecule has 24 heavy (non-hydrogen) atoms. The maximum Gasteiger partial charge on any atom is 0.174 e. The predicted molar refractivity (Wildman–Crippen MR) is 103 cm³/mol. The van der Waals surface area contributed by atoms with Crippen molar-refractivity contribution in [3.63, 3.8) is 0 Å². The van der Waals surface area contributed by atoms with Crippen LogP contribution in [0.5, 0.6) is 0 Å². The molecule has 0 atom stereocenters. The van der Waals surface area contributed by atoms with Gasteiger partial charge < -0.3 is 0 Å². The summed E-state index contributed by atoms with van der Waals surface area (Å²) in [5, 5.41) is 1.16. The molecule has 0 aliphatic heterocycles. The smallest absolute Gasteiger partial charge is 0.174 e. The Morgan fingerprint density at radius 1 is 1.04 bits per heavy atom. The number of benzene rings is 2. The number of ketones is 1. The number of nitrogens with zero attached hydrogens (tertiary/aromatic N) is 1. The number of rotatable bonds is 7. The topological polar surface area (TPSA) is 20.3 Å². The van der Waals surface area contributed by atoms with E-state index in [1.807, 2.05) is 24.3 Å². The van der Waals surface area contributed by atoms with Gasteiger partial charge in [-0.3, -0.25) is 9.69 Å². The van der Waals surface area contributed by atoms with Crippen molar-refractivity contribution in [2.75, 3.05) is 6.54 Å². The van der Waals surface area contributed by atoms with Crippen molar-refractivity contribution in [2.45, 2.75) is 32.9 Å². The van der Waals surface area contributed by atoms with Crippen LogP contribution in [0.3, 0.4) is 0 Å². The molecule has 1 aromatic heterocycles. The van der Waals surface area contributed by atoms with Gasteiger partial charge in [-0.05, 0) is 36.9 Å². The standard InChI is InChI=1S/C21H23NOS/c1-16(2)22(15-17-8-4-3-5-9-17)13-12-19(23)21-14-18-10-6-7-11-20(18)24-21/h3-11,14,16H,12-13,15H2,1-2H3. The molecule has 3 rings (SSSR count). The fourth-order valence-electron chi connectivity index (χ4n) is 2.83. The van der Waals surface area contributed by atoms with Crippen molar-refractivity contribution >= 4 is 27.2 Å². The van der Waals surface area contributed by atoms with Crippen LogP contribution in [0.2, 0.25) is 0 Å². The van der Waals surface area contributed by atoms with Gasteiger partial charge in [-0.15, -0.1) is 11.3 Å². The van der Waals surface area contributed by atoms with Crippen molar-refractivity contribution in [2.24, 2.45) is 0 Å². The molecule has 3 aromatic rings. The van der Waals surface area contributed by atoms with Crippen LogP contribution in [0.1, 0.15) is 35.5 Å². The quantitative estimate of drug-likeness (QED) is 0.539. The minimum absolute atomic E-state index is 0.245. The summed E-state index contributed by atoms with van der Waals surface area (Å²) in [6, 6.07) is 21.1. The van der Waals surface area contributed by atoms with Crippen LogP contribution in [-0.4, -0.2) is 23.3 Å². The number of fused-ring (bicyclic) bond motifs is 1. The van der Waals surface area contributed by atoms with Crippen molar-refractivity contribution in [3.8, 4) is 0 Å². The van der Waals surface area contributed by atoms with Crippen LogP contribution in [0.25, 0.3) is 10.1 Å². The molecule has 124 valence electrons. The van der Waals surface area contributed by atoms with Gasteiger partial charge in [0.15, 0.2) is 5.78 Å². The Kier molecular flexibility index (Phi) is 5.44. The van der Waals surface area contributed by atoms with Gasteiger partial charge in [0.05, 0.1) is 4.88 Å². The Hall–Kier alpha value is -1.97. The Labute approximate surface area is 147 Å². The van der Waals surface area contributed by atoms with Crippen molar-refractivity contribution in [3.05, 3.63) is 71.1 Å². The summed E-state index contributed by atoms with van der Waals surface area (Å²) >= 11 is 1.60. The Morgan fingerprint density at radius 3 is 2.46 bits per heavy atom. The lowest BCUT2D eigenvalue weighted by Gasteiger charge is -2.26. The second-order valence-corrected chi connectivity index (χ2v) is 7.46. The molecule has 0 aliphatic carbocycles. The first kappa shape index (κ1) is 16.9. The largest absolute Gasteiger partial charge is 0.296 e. The van der Waals surface area contributed by atoms with Crippen molar-refractivity contribution < 1.29 is 4.79 Å². The second-order valence-electron chi connectivity index (χ2n) is 6.37. The van der Waals surface area contributed by atoms with Crippen LogP contribution in [-0.2, 0) is 6.54 Å². The third-order valence-electron chi connectivity index (χ3n) is 4.29. The third kappa shape index (κ3) is 4.11. The lowest BCUT2D eigenvalue weighted by molar-refractivity contribution is 0.0956. The first-order chi connectivity index (χ1) is 11.6. The summed E-state index contributed by atoms with van der Waals surface area (Å²) < 4.78 is 1.19. The molecule has 0 fully saturated rings. The third-order valence-corrected chi connectivity index (χ3v) is 5.44. The maximum absolute atomic E-state index is 12.6. The van der Waals surface area contributed by atoms with E-state index in [0.717, 1.165) is 23.4 Å². The molecule has 0 saturated heterocycles. The molecule has 2 aromatic carbocycles. The number of hydrogen-bond donors (Lipinski definition) is 0. The van der Waals surface area contributed by atoms with E-state index in [0.29, 0.717) is 12.5 Å². The van der Waals surface area contributed by atoms with Gasteiger partial charge >= 0.3 is 0 Å². The fourth-order valence-corrected chi connectivity index (χ4v) is 3.86. The molecule has 0 saturated carbocycles. The zero-order chi connectivity index (χ0) is 16.9.